The van der Waals surface area contributed by atoms with Gasteiger partial charge in [-0.2, -0.15) is 0 Å². The molecule has 7 aromatic carbocycles. The summed E-state index contributed by atoms with van der Waals surface area (Å²) in [5, 5.41) is 2.67. The zero-order valence-electron chi connectivity index (χ0n) is 54.1. The molecule has 0 spiro atoms. The zero-order valence-corrected chi connectivity index (χ0v) is 57.3. The quantitative estimate of drug-likeness (QED) is 0.0888. The van der Waals surface area contributed by atoms with E-state index in [2.05, 4.69) is 13.8 Å². The standard InChI is InChI=1S/C26H21ClN2O4S.C25H25FN2O3S.C24H26N2O4S/c1-31-21-9-2-17(3-10-21)16-28-26-29(20-7-5-19(27)6-8-20)25(30)24(34-26)15-18-4-11-22-23(14-18)33-13-12-32-22;26-19-9-6-17(7-10-19)16-27-25-28(20-4-2-1-3-5-20)24(29)23(32-25)15-18-8-11-21-22(14-18)31-13-12-30-21;1-16(2)15-26-23(27)22(13-18-6-9-20-21(12-18)30-11-10-29-20)31-24(26)25-14-17-4-7-19(28-3)8-5-17/h2-11,14-15H,12-13,16H2,1H3;6-11,14-15,20H,1-5,12-13,16H2;4-9,12-13,16H,10-11,14-15H2,1-3H3/b24-15-,28-26?;23-15-,27-25?;22-13-,25-24?. The number of aliphatic imine (C=N–C) groups is 3. The van der Waals surface area contributed by atoms with Crippen molar-refractivity contribution in [3.05, 3.63) is 211 Å². The fourth-order valence-corrected chi connectivity index (χ4v) is 14.4. The van der Waals surface area contributed by atoms with Gasteiger partial charge in [-0.25, -0.2) is 4.39 Å². The van der Waals surface area contributed by atoms with Gasteiger partial charge in [0.25, 0.3) is 17.7 Å². The third-order valence-electron chi connectivity index (χ3n) is 16.1. The number of hydrogen-bond acceptors (Lipinski definition) is 17. The van der Waals surface area contributed by atoms with Crippen molar-refractivity contribution >= 4 is 104 Å². The number of amidine groups is 3. The molecule has 0 N–H and O–H groups in total. The van der Waals surface area contributed by atoms with Crippen LogP contribution in [0.1, 0.15) is 79.3 Å². The Morgan fingerprint density at radius 2 is 0.897 bits per heavy atom. The van der Waals surface area contributed by atoms with Gasteiger partial charge in [0.15, 0.2) is 50.0 Å². The van der Waals surface area contributed by atoms with E-state index in [1.807, 2.05) is 138 Å². The number of carbonyl (C=O) groups is 3. The van der Waals surface area contributed by atoms with Gasteiger partial charge in [0.05, 0.1) is 54.3 Å². The number of anilines is 1. The molecule has 6 heterocycles. The number of hydrogen-bond donors (Lipinski definition) is 0. The lowest BCUT2D eigenvalue weighted by molar-refractivity contribution is -0.124. The van der Waals surface area contributed by atoms with Crippen LogP contribution in [-0.2, 0) is 34.0 Å². The topological polar surface area (TPSA) is 172 Å². The van der Waals surface area contributed by atoms with Crippen LogP contribution in [0, 0.1) is 11.7 Å². The van der Waals surface area contributed by atoms with Crippen LogP contribution in [0.5, 0.6) is 46.0 Å². The van der Waals surface area contributed by atoms with Crippen LogP contribution in [0.25, 0.3) is 18.2 Å². The summed E-state index contributed by atoms with van der Waals surface area (Å²) in [6, 6.07) is 46.3. The molecular weight excluding hydrogens is 1310 g/mol. The monoisotopic (exact) mass is 1380 g/mol. The van der Waals surface area contributed by atoms with Gasteiger partial charge in [-0.1, -0.05) is 99.3 Å². The molecule has 6 aliphatic heterocycles. The molecule has 17 nitrogen and oxygen atoms in total. The lowest BCUT2D eigenvalue weighted by Crippen LogP contribution is -2.40. The van der Waals surface area contributed by atoms with Crippen LogP contribution in [0.2, 0.25) is 5.02 Å². The first-order chi connectivity index (χ1) is 47.3. The van der Waals surface area contributed by atoms with E-state index < -0.39 is 0 Å². The van der Waals surface area contributed by atoms with Gasteiger partial charge in [-0.3, -0.25) is 44.1 Å². The summed E-state index contributed by atoms with van der Waals surface area (Å²) in [4.78, 5) is 61.4. The maximum Gasteiger partial charge on any atom is 0.271 e. The number of methoxy groups -OCH3 is 2. The van der Waals surface area contributed by atoms with Crippen LogP contribution in [-0.4, -0.2) is 109 Å². The van der Waals surface area contributed by atoms with E-state index in [0.717, 1.165) is 92.4 Å². The Labute approximate surface area is 581 Å². The maximum atomic E-state index is 13.4. The molecule has 7 aromatic rings. The lowest BCUT2D eigenvalue weighted by atomic mass is 9.94. The van der Waals surface area contributed by atoms with Crippen molar-refractivity contribution < 1.29 is 56.7 Å². The Morgan fingerprint density at radius 1 is 0.495 bits per heavy atom. The number of thioether (sulfide) groups is 3. The van der Waals surface area contributed by atoms with E-state index in [4.69, 9.17) is 64.5 Å². The van der Waals surface area contributed by atoms with Crippen LogP contribution >= 0.6 is 46.9 Å². The number of halogens is 2. The van der Waals surface area contributed by atoms with Crippen molar-refractivity contribution in [2.75, 3.05) is 65.3 Å². The molecule has 97 heavy (non-hydrogen) atoms. The minimum absolute atomic E-state index is 0.00893. The number of amides is 3. The second-order valence-electron chi connectivity index (χ2n) is 23.6. The molecule has 14 rings (SSSR count). The minimum Gasteiger partial charge on any atom is -0.497 e. The Kier molecular flexibility index (Phi) is 22.6. The van der Waals surface area contributed by atoms with Crippen molar-refractivity contribution in [2.45, 2.75) is 71.6 Å². The summed E-state index contributed by atoms with van der Waals surface area (Å²) in [7, 11) is 3.28. The van der Waals surface area contributed by atoms with Gasteiger partial charge in [-0.15, -0.1) is 0 Å². The van der Waals surface area contributed by atoms with Gasteiger partial charge in [0, 0.05) is 17.6 Å². The molecule has 3 saturated heterocycles. The number of fused-ring (bicyclic) bond motifs is 3. The maximum absolute atomic E-state index is 13.4. The van der Waals surface area contributed by atoms with E-state index in [0.29, 0.717) is 125 Å². The van der Waals surface area contributed by atoms with Crippen molar-refractivity contribution in [3.63, 3.8) is 0 Å². The molecule has 1 aliphatic carbocycles. The largest absolute Gasteiger partial charge is 0.497 e. The van der Waals surface area contributed by atoms with Gasteiger partial charge in [0.1, 0.15) is 57.0 Å². The highest BCUT2D eigenvalue weighted by Crippen LogP contribution is 2.42. The van der Waals surface area contributed by atoms with Gasteiger partial charge >= 0.3 is 0 Å². The average Bonchev–Trinajstić information content (AvgIpc) is 1.70. The van der Waals surface area contributed by atoms with Crippen LogP contribution < -0.4 is 42.8 Å². The fraction of sp³-hybridized carbons (Fsp3) is 0.280. The highest BCUT2D eigenvalue weighted by molar-refractivity contribution is 8.19. The number of ether oxygens (including phenoxy) is 8. The van der Waals surface area contributed by atoms with Crippen molar-refractivity contribution in [1.29, 1.82) is 0 Å². The SMILES string of the molecule is COc1ccc(CN=C2S/C(=C\c3ccc4c(c3)OCCO4)C(=O)N2CC(C)C)cc1.COc1ccc(CN=C2S/C(=C\c3ccc4c(c3)OCCO4)C(=O)N2c2ccc(Cl)cc2)cc1.O=C1/C(=C/c2ccc3c(c2)OCCO3)SC(=NCc2ccc(F)cc2)N1C1CCCCC1. The third-order valence-corrected chi connectivity index (χ3v) is 19.4. The molecule has 22 heteroatoms. The summed E-state index contributed by atoms with van der Waals surface area (Å²) in [6.45, 7) is 9.38. The zero-order chi connectivity index (χ0) is 67.2. The number of carbonyl (C=O) groups excluding carboxylic acids is 3. The molecule has 0 atom stereocenters. The molecular formula is C75H72ClFN6O11S3. The molecule has 0 bridgehead atoms. The molecule has 7 aliphatic rings. The summed E-state index contributed by atoms with van der Waals surface area (Å²) in [6.07, 6.45) is 11.1. The van der Waals surface area contributed by atoms with E-state index in [1.54, 1.807) is 48.3 Å². The smallest absolute Gasteiger partial charge is 0.271 e. The first kappa shape index (κ1) is 67.8. The molecule has 3 amide bonds. The van der Waals surface area contributed by atoms with E-state index >= 15 is 0 Å². The Bertz CT molecular complexity index is 4200. The van der Waals surface area contributed by atoms with Crippen LogP contribution in [0.15, 0.2) is 181 Å². The molecule has 0 radical (unpaired) electrons. The van der Waals surface area contributed by atoms with Crippen molar-refractivity contribution in [1.82, 2.24) is 9.80 Å². The molecule has 4 fully saturated rings. The number of benzene rings is 7. The van der Waals surface area contributed by atoms with Gasteiger partial charge in [-0.05, 0) is 203 Å². The number of nitrogens with zero attached hydrogens (tertiary/aromatic N) is 6. The predicted molar refractivity (Wildman–Crippen MR) is 384 cm³/mol. The fourth-order valence-electron chi connectivity index (χ4n) is 11.2. The Morgan fingerprint density at radius 3 is 1.36 bits per heavy atom. The van der Waals surface area contributed by atoms with E-state index in [1.165, 1.54) is 53.8 Å². The summed E-state index contributed by atoms with van der Waals surface area (Å²) < 4.78 is 57.5. The second kappa shape index (κ2) is 32.3. The third kappa shape index (κ3) is 17.3. The van der Waals surface area contributed by atoms with Crippen LogP contribution in [0.4, 0.5) is 10.1 Å². The van der Waals surface area contributed by atoms with Crippen molar-refractivity contribution in [2.24, 2.45) is 20.9 Å². The van der Waals surface area contributed by atoms with E-state index in [9.17, 15) is 18.8 Å². The normalized spacial score (nSPS) is 19.1. The summed E-state index contributed by atoms with van der Waals surface area (Å²) >= 11 is 10.2. The average molecular weight is 1380 g/mol. The van der Waals surface area contributed by atoms with Gasteiger partial charge < -0.3 is 37.9 Å². The van der Waals surface area contributed by atoms with Crippen molar-refractivity contribution in [3.8, 4) is 46.0 Å². The second-order valence-corrected chi connectivity index (χ2v) is 27.0. The first-order valence-corrected chi connectivity index (χ1v) is 34.9. The summed E-state index contributed by atoms with van der Waals surface area (Å²) in [5.74, 6) is 5.80. The predicted octanol–water partition coefficient (Wildman–Crippen LogP) is 15.8. The molecule has 0 aromatic heterocycles. The Balaban J connectivity index is 0.000000139. The summed E-state index contributed by atoms with van der Waals surface area (Å²) in [5.41, 5.74) is 6.36. The minimum atomic E-state index is -0.264. The van der Waals surface area contributed by atoms with Gasteiger partial charge in [0.2, 0.25) is 0 Å². The molecule has 500 valence electrons. The molecule has 1 saturated carbocycles. The number of rotatable bonds is 15. The highest BCUT2D eigenvalue weighted by atomic mass is 35.5. The Hall–Kier alpha value is -9.15. The lowest BCUT2D eigenvalue weighted by Gasteiger charge is -2.30. The highest BCUT2D eigenvalue weighted by Gasteiger charge is 2.39. The first-order valence-electron chi connectivity index (χ1n) is 32.1. The van der Waals surface area contributed by atoms with Crippen LogP contribution in [0.3, 0.4) is 0 Å². The molecule has 0 unspecified atom stereocenters. The van der Waals surface area contributed by atoms with E-state index in [-0.39, 0.29) is 29.6 Å².